The Bertz CT molecular complexity index is 863. The molecule has 2 aromatic rings. The number of nitrogens with one attached hydrogen (secondary N) is 1. The number of likely N-dealkylation sites (tertiary alicyclic amines) is 1. The summed E-state index contributed by atoms with van der Waals surface area (Å²) < 4.78 is 0. The fourth-order valence-corrected chi connectivity index (χ4v) is 4.42. The Hall–Kier alpha value is -2.36. The smallest absolute Gasteiger partial charge is 0.227 e. The van der Waals surface area contributed by atoms with Crippen LogP contribution in [0, 0.1) is 17.3 Å². The number of hydrogen-bond donors (Lipinski definition) is 1. The molecule has 29 heavy (non-hydrogen) atoms. The summed E-state index contributed by atoms with van der Waals surface area (Å²) in [5.74, 6) is 1.06. The van der Waals surface area contributed by atoms with Crippen LogP contribution in [0.15, 0.2) is 42.5 Å². The molecule has 156 valence electrons. The molecule has 1 N–H and O–H groups in total. The van der Waals surface area contributed by atoms with Crippen molar-refractivity contribution in [3.63, 3.8) is 0 Å². The van der Waals surface area contributed by atoms with Crippen LogP contribution in [0.4, 0.5) is 0 Å². The maximum Gasteiger partial charge on any atom is 0.227 e. The fraction of sp³-hybridized carbons (Fsp3) is 0.520. The molecule has 2 atom stereocenters. The lowest BCUT2D eigenvalue weighted by atomic mass is 9.80. The summed E-state index contributed by atoms with van der Waals surface area (Å²) >= 11 is 0. The summed E-state index contributed by atoms with van der Waals surface area (Å²) in [6.45, 7) is 10.2. The van der Waals surface area contributed by atoms with Crippen molar-refractivity contribution >= 4 is 22.6 Å². The zero-order valence-corrected chi connectivity index (χ0v) is 18.2. The minimum Gasteiger partial charge on any atom is -0.352 e. The second-order valence-electron chi connectivity index (χ2n) is 9.34. The molecule has 4 nitrogen and oxygen atoms in total. The van der Waals surface area contributed by atoms with Gasteiger partial charge in [-0.2, -0.15) is 0 Å². The van der Waals surface area contributed by atoms with Crippen LogP contribution in [0.2, 0.25) is 0 Å². The van der Waals surface area contributed by atoms with Crippen molar-refractivity contribution in [3.8, 4) is 0 Å². The molecule has 3 rings (SSSR count). The van der Waals surface area contributed by atoms with Gasteiger partial charge in [-0.15, -0.1) is 0 Å². The lowest BCUT2D eigenvalue weighted by Crippen LogP contribution is -2.48. The average molecular weight is 395 g/mol. The third-order valence-corrected chi connectivity index (χ3v) is 6.15. The summed E-state index contributed by atoms with van der Waals surface area (Å²) in [4.78, 5) is 27.3. The van der Waals surface area contributed by atoms with Crippen molar-refractivity contribution in [1.29, 1.82) is 0 Å². The third kappa shape index (κ3) is 5.17. The van der Waals surface area contributed by atoms with Crippen LogP contribution < -0.4 is 5.32 Å². The number of piperidine rings is 1. The molecule has 0 spiro atoms. The average Bonchev–Trinajstić information content (AvgIpc) is 2.71. The Morgan fingerprint density at radius 2 is 1.79 bits per heavy atom. The monoisotopic (exact) mass is 394 g/mol. The zero-order valence-electron chi connectivity index (χ0n) is 18.2. The van der Waals surface area contributed by atoms with Crippen LogP contribution in [0.1, 0.15) is 52.5 Å². The normalized spacial score (nSPS) is 19.9. The van der Waals surface area contributed by atoms with E-state index in [9.17, 15) is 9.59 Å². The number of nitrogens with zero attached hydrogens (tertiary/aromatic N) is 1. The second kappa shape index (κ2) is 8.98. The molecule has 1 saturated heterocycles. The number of carbonyl (C=O) groups excluding carboxylic acids is 2. The van der Waals surface area contributed by atoms with Gasteiger partial charge in [0, 0.05) is 31.5 Å². The second-order valence-corrected chi connectivity index (χ2v) is 9.34. The Balaban J connectivity index is 1.57. The molecule has 0 aromatic heterocycles. The van der Waals surface area contributed by atoms with E-state index in [1.165, 1.54) is 10.8 Å². The van der Waals surface area contributed by atoms with Gasteiger partial charge in [0.15, 0.2) is 0 Å². The van der Waals surface area contributed by atoms with Gasteiger partial charge in [-0.05, 0) is 34.6 Å². The van der Waals surface area contributed by atoms with Gasteiger partial charge in [0.2, 0.25) is 11.8 Å². The van der Waals surface area contributed by atoms with Crippen LogP contribution in [0.5, 0.6) is 0 Å². The lowest BCUT2D eigenvalue weighted by molar-refractivity contribution is -0.142. The van der Waals surface area contributed by atoms with Crippen molar-refractivity contribution in [3.05, 3.63) is 48.0 Å². The molecule has 0 aliphatic carbocycles. The van der Waals surface area contributed by atoms with E-state index in [0.717, 1.165) is 31.5 Å². The highest BCUT2D eigenvalue weighted by Crippen LogP contribution is 2.31. The quantitative estimate of drug-likeness (QED) is 0.794. The van der Waals surface area contributed by atoms with E-state index >= 15 is 0 Å². The molecule has 1 fully saturated rings. The number of carbonyl (C=O) groups is 2. The first-order chi connectivity index (χ1) is 13.8. The number of fused-ring (bicyclic) bond motifs is 1. The van der Waals surface area contributed by atoms with E-state index in [1.807, 2.05) is 43.9 Å². The molecule has 1 aliphatic heterocycles. The van der Waals surface area contributed by atoms with Gasteiger partial charge < -0.3 is 10.2 Å². The highest BCUT2D eigenvalue weighted by Gasteiger charge is 2.35. The Kier molecular flexibility index (Phi) is 6.61. The summed E-state index contributed by atoms with van der Waals surface area (Å²) in [5, 5.41) is 5.51. The molecule has 2 aromatic carbocycles. The van der Waals surface area contributed by atoms with Crippen LogP contribution in [0.3, 0.4) is 0 Å². The van der Waals surface area contributed by atoms with E-state index in [4.69, 9.17) is 0 Å². The highest BCUT2D eigenvalue weighted by atomic mass is 16.2. The SMILES string of the molecule is CC[C@H]1CN(C(=O)C(C)(C)C)CC[C@H]1CC(=O)NCc1cccc2ccccc12. The summed E-state index contributed by atoms with van der Waals surface area (Å²) in [7, 11) is 0. The van der Waals surface area contributed by atoms with Gasteiger partial charge in [-0.3, -0.25) is 9.59 Å². The Morgan fingerprint density at radius 1 is 1.07 bits per heavy atom. The maximum atomic E-state index is 12.7. The van der Waals surface area contributed by atoms with Gasteiger partial charge in [0.05, 0.1) is 0 Å². The molecule has 0 bridgehead atoms. The molecular formula is C25H34N2O2. The molecule has 0 saturated carbocycles. The van der Waals surface area contributed by atoms with Crippen LogP contribution in [0.25, 0.3) is 10.8 Å². The minimum absolute atomic E-state index is 0.108. The van der Waals surface area contributed by atoms with E-state index in [1.54, 1.807) is 0 Å². The molecule has 1 aliphatic rings. The summed E-state index contributed by atoms with van der Waals surface area (Å²) in [6.07, 6.45) is 2.44. The molecule has 1 heterocycles. The Labute approximate surface area is 174 Å². The van der Waals surface area contributed by atoms with Crippen LogP contribution in [-0.4, -0.2) is 29.8 Å². The number of benzene rings is 2. The van der Waals surface area contributed by atoms with Gasteiger partial charge >= 0.3 is 0 Å². The van der Waals surface area contributed by atoms with Crippen molar-refractivity contribution in [2.75, 3.05) is 13.1 Å². The first kappa shape index (κ1) is 21.4. The first-order valence-electron chi connectivity index (χ1n) is 10.8. The van der Waals surface area contributed by atoms with Crippen molar-refractivity contribution < 1.29 is 9.59 Å². The van der Waals surface area contributed by atoms with Gasteiger partial charge in [0.1, 0.15) is 0 Å². The minimum atomic E-state index is -0.346. The molecule has 2 amide bonds. The number of hydrogen-bond acceptors (Lipinski definition) is 2. The number of amides is 2. The van der Waals surface area contributed by atoms with Gasteiger partial charge in [-0.25, -0.2) is 0 Å². The predicted octanol–water partition coefficient (Wildman–Crippen LogP) is 4.77. The Morgan fingerprint density at radius 3 is 2.52 bits per heavy atom. The molecule has 4 heteroatoms. The third-order valence-electron chi connectivity index (χ3n) is 6.15. The summed E-state index contributed by atoms with van der Waals surface area (Å²) in [6, 6.07) is 14.5. The van der Waals surface area contributed by atoms with E-state index < -0.39 is 0 Å². The highest BCUT2D eigenvalue weighted by molar-refractivity contribution is 5.86. The number of rotatable bonds is 5. The topological polar surface area (TPSA) is 49.4 Å². The van der Waals surface area contributed by atoms with Crippen molar-refractivity contribution in [2.24, 2.45) is 17.3 Å². The summed E-state index contributed by atoms with van der Waals surface area (Å²) in [5.41, 5.74) is 0.801. The van der Waals surface area contributed by atoms with Gasteiger partial charge in [-0.1, -0.05) is 76.6 Å². The van der Waals surface area contributed by atoms with E-state index in [2.05, 4.69) is 36.5 Å². The molecular weight excluding hydrogens is 360 g/mol. The fourth-order valence-electron chi connectivity index (χ4n) is 4.42. The molecule has 0 unspecified atom stereocenters. The van der Waals surface area contributed by atoms with E-state index in [-0.39, 0.29) is 17.2 Å². The largest absolute Gasteiger partial charge is 0.352 e. The first-order valence-corrected chi connectivity index (χ1v) is 10.8. The standard InChI is InChI=1S/C25H34N2O2/c1-5-18-17-27(24(29)25(2,3)4)14-13-20(18)15-23(28)26-16-21-11-8-10-19-9-6-7-12-22(19)21/h6-12,18,20H,5,13-17H2,1-4H3,(H,26,28)/t18-,20-/m0/s1. The molecule has 0 radical (unpaired) electrons. The van der Waals surface area contributed by atoms with E-state index in [0.29, 0.717) is 24.8 Å². The van der Waals surface area contributed by atoms with Gasteiger partial charge in [0.25, 0.3) is 0 Å². The van der Waals surface area contributed by atoms with Crippen LogP contribution in [-0.2, 0) is 16.1 Å². The maximum absolute atomic E-state index is 12.7. The van der Waals surface area contributed by atoms with Crippen molar-refractivity contribution in [2.45, 2.75) is 53.5 Å². The lowest BCUT2D eigenvalue weighted by Gasteiger charge is -2.40. The van der Waals surface area contributed by atoms with Crippen molar-refractivity contribution in [1.82, 2.24) is 10.2 Å². The predicted molar refractivity (Wildman–Crippen MR) is 118 cm³/mol. The van der Waals surface area contributed by atoms with Crippen LogP contribution >= 0.6 is 0 Å². The zero-order chi connectivity index (χ0) is 21.0.